The van der Waals surface area contributed by atoms with E-state index in [9.17, 15) is 14.0 Å². The van der Waals surface area contributed by atoms with Crippen molar-refractivity contribution in [3.05, 3.63) is 29.6 Å². The summed E-state index contributed by atoms with van der Waals surface area (Å²) in [5.41, 5.74) is 0.254. The van der Waals surface area contributed by atoms with Crippen LogP contribution in [0.1, 0.15) is 29.6 Å². The van der Waals surface area contributed by atoms with Crippen molar-refractivity contribution in [2.24, 2.45) is 0 Å². The Labute approximate surface area is 147 Å². The average molecular weight is 351 g/mol. The molecule has 2 rings (SSSR count). The van der Waals surface area contributed by atoms with Gasteiger partial charge in [-0.3, -0.25) is 9.59 Å². The molecule has 0 unspecified atom stereocenters. The van der Waals surface area contributed by atoms with Gasteiger partial charge in [-0.15, -0.1) is 0 Å². The Morgan fingerprint density at radius 3 is 2.72 bits per heavy atom. The van der Waals surface area contributed by atoms with Gasteiger partial charge in [0.05, 0.1) is 7.11 Å². The number of amides is 1. The summed E-state index contributed by atoms with van der Waals surface area (Å²) < 4.78 is 18.4. The maximum absolute atomic E-state index is 13.6. The van der Waals surface area contributed by atoms with Gasteiger partial charge in [-0.1, -0.05) is 0 Å². The third-order valence-electron chi connectivity index (χ3n) is 4.24. The summed E-state index contributed by atoms with van der Waals surface area (Å²) >= 11 is 0. The van der Waals surface area contributed by atoms with Crippen LogP contribution in [0.4, 0.5) is 4.39 Å². The monoisotopic (exact) mass is 351 g/mol. The van der Waals surface area contributed by atoms with Crippen LogP contribution in [0.25, 0.3) is 0 Å². The minimum atomic E-state index is -0.578. The summed E-state index contributed by atoms with van der Waals surface area (Å²) in [5.74, 6) is -0.885. The van der Waals surface area contributed by atoms with Gasteiger partial charge in [-0.2, -0.15) is 0 Å². The van der Waals surface area contributed by atoms with Crippen molar-refractivity contribution in [3.8, 4) is 5.75 Å². The average Bonchev–Trinajstić information content (AvgIpc) is 2.64. The van der Waals surface area contributed by atoms with Crippen LogP contribution in [0.3, 0.4) is 0 Å². The van der Waals surface area contributed by atoms with Crippen LogP contribution >= 0.6 is 0 Å². The van der Waals surface area contributed by atoms with Crippen LogP contribution in [0, 0.1) is 5.82 Å². The van der Waals surface area contributed by atoms with Gasteiger partial charge in [0, 0.05) is 51.1 Å². The minimum Gasteiger partial charge on any atom is -0.494 e. The second kappa shape index (κ2) is 10.1. The lowest BCUT2D eigenvalue weighted by molar-refractivity contribution is -0.121. The number of halogens is 1. The van der Waals surface area contributed by atoms with E-state index < -0.39 is 5.82 Å². The molecule has 0 atom stereocenters. The van der Waals surface area contributed by atoms with Gasteiger partial charge in [0.15, 0.2) is 17.3 Å². The second-order valence-electron chi connectivity index (χ2n) is 6.07. The highest BCUT2D eigenvalue weighted by Crippen LogP contribution is 2.18. The van der Waals surface area contributed by atoms with Gasteiger partial charge in [0.2, 0.25) is 5.91 Å². The highest BCUT2D eigenvalue weighted by atomic mass is 19.1. The van der Waals surface area contributed by atoms with E-state index >= 15 is 0 Å². The summed E-state index contributed by atoms with van der Waals surface area (Å²) in [6.45, 7) is 5.68. The number of ether oxygens (including phenoxy) is 1. The van der Waals surface area contributed by atoms with Gasteiger partial charge in [0.25, 0.3) is 0 Å². The van der Waals surface area contributed by atoms with E-state index in [1.54, 1.807) is 0 Å². The maximum atomic E-state index is 13.6. The van der Waals surface area contributed by atoms with Crippen molar-refractivity contribution in [2.45, 2.75) is 19.3 Å². The second-order valence-corrected chi connectivity index (χ2v) is 6.07. The largest absolute Gasteiger partial charge is 0.494 e. The van der Waals surface area contributed by atoms with Crippen molar-refractivity contribution >= 4 is 11.7 Å². The van der Waals surface area contributed by atoms with Crippen LogP contribution in [0.5, 0.6) is 5.75 Å². The molecule has 0 radical (unpaired) electrons. The Hall–Kier alpha value is -1.99. The zero-order valence-electron chi connectivity index (χ0n) is 14.6. The van der Waals surface area contributed by atoms with E-state index in [-0.39, 0.29) is 35.8 Å². The fourth-order valence-corrected chi connectivity index (χ4v) is 2.76. The molecule has 1 aliphatic rings. The molecule has 1 aliphatic heterocycles. The number of carbonyl (C=O) groups is 2. The Kier molecular flexibility index (Phi) is 7.81. The van der Waals surface area contributed by atoms with Crippen molar-refractivity contribution in [2.75, 3.05) is 46.4 Å². The van der Waals surface area contributed by atoms with Gasteiger partial charge in [-0.05, 0) is 31.2 Å². The number of piperazine rings is 1. The fourth-order valence-electron chi connectivity index (χ4n) is 2.76. The van der Waals surface area contributed by atoms with Crippen LogP contribution in [0.2, 0.25) is 0 Å². The topological polar surface area (TPSA) is 70.7 Å². The predicted molar refractivity (Wildman–Crippen MR) is 93.5 cm³/mol. The molecule has 1 fully saturated rings. The number of rotatable bonds is 9. The number of nitrogens with one attached hydrogen (secondary N) is 2. The van der Waals surface area contributed by atoms with E-state index in [2.05, 4.69) is 15.5 Å². The number of Topliss-reactive ketones (excluding diaryl/α,β-unsaturated/α-hetero) is 1. The first-order chi connectivity index (χ1) is 12.1. The molecule has 1 heterocycles. The molecule has 6 nitrogen and oxygen atoms in total. The molecule has 7 heteroatoms. The van der Waals surface area contributed by atoms with Gasteiger partial charge >= 0.3 is 0 Å². The number of carbonyl (C=O) groups excluding carboxylic acids is 2. The van der Waals surface area contributed by atoms with Gasteiger partial charge in [-0.25, -0.2) is 4.39 Å². The number of benzene rings is 1. The Bertz CT molecular complexity index is 589. The van der Waals surface area contributed by atoms with E-state index in [1.807, 2.05) is 0 Å². The summed E-state index contributed by atoms with van der Waals surface area (Å²) in [5, 5.41) is 6.13. The standard InChI is InChI=1S/C18H26FN3O3/c1-25-17-5-3-14(13-15(17)19)16(23)4-6-18(24)21-7-2-10-22-11-8-20-9-12-22/h3,5,13,20H,2,4,6-12H2,1H3,(H,21,24). The Morgan fingerprint density at radius 1 is 1.28 bits per heavy atom. The van der Waals surface area contributed by atoms with E-state index in [1.165, 1.54) is 19.2 Å². The zero-order chi connectivity index (χ0) is 18.1. The third-order valence-corrected chi connectivity index (χ3v) is 4.24. The van der Waals surface area contributed by atoms with E-state index in [0.717, 1.165) is 45.2 Å². The lowest BCUT2D eigenvalue weighted by Crippen LogP contribution is -2.44. The van der Waals surface area contributed by atoms with Crippen LogP contribution in [0.15, 0.2) is 18.2 Å². The highest BCUT2D eigenvalue weighted by Gasteiger charge is 2.13. The Balaban J connectivity index is 1.63. The molecule has 1 amide bonds. The molecule has 1 saturated heterocycles. The summed E-state index contributed by atoms with van der Waals surface area (Å²) in [4.78, 5) is 26.2. The first-order valence-electron chi connectivity index (χ1n) is 8.66. The molecule has 25 heavy (non-hydrogen) atoms. The lowest BCUT2D eigenvalue weighted by atomic mass is 10.1. The number of methoxy groups -OCH3 is 1. The SMILES string of the molecule is COc1ccc(C(=O)CCC(=O)NCCCN2CCNCC2)cc1F. The van der Waals surface area contributed by atoms with Crippen molar-refractivity contribution in [1.29, 1.82) is 0 Å². The number of hydrogen-bond donors (Lipinski definition) is 2. The Morgan fingerprint density at radius 2 is 2.04 bits per heavy atom. The zero-order valence-corrected chi connectivity index (χ0v) is 14.6. The molecular formula is C18H26FN3O3. The third kappa shape index (κ3) is 6.43. The lowest BCUT2D eigenvalue weighted by Gasteiger charge is -2.27. The van der Waals surface area contributed by atoms with Gasteiger partial charge in [0.1, 0.15) is 0 Å². The van der Waals surface area contributed by atoms with Crippen molar-refractivity contribution in [1.82, 2.24) is 15.5 Å². The molecular weight excluding hydrogens is 325 g/mol. The molecule has 0 bridgehead atoms. The highest BCUT2D eigenvalue weighted by molar-refractivity contribution is 5.98. The number of hydrogen-bond acceptors (Lipinski definition) is 5. The molecule has 2 N–H and O–H groups in total. The van der Waals surface area contributed by atoms with Crippen molar-refractivity contribution in [3.63, 3.8) is 0 Å². The molecule has 1 aromatic carbocycles. The number of nitrogens with zero attached hydrogens (tertiary/aromatic N) is 1. The quantitative estimate of drug-likeness (QED) is 0.517. The normalized spacial score (nSPS) is 15.0. The van der Waals surface area contributed by atoms with E-state index in [4.69, 9.17) is 4.74 Å². The van der Waals surface area contributed by atoms with Crippen LogP contribution in [-0.4, -0.2) is 63.0 Å². The summed E-state index contributed by atoms with van der Waals surface area (Å²) in [6.07, 6.45) is 1.07. The maximum Gasteiger partial charge on any atom is 0.220 e. The molecule has 1 aromatic rings. The van der Waals surface area contributed by atoms with Crippen LogP contribution in [-0.2, 0) is 4.79 Å². The fraction of sp³-hybridized carbons (Fsp3) is 0.556. The summed E-state index contributed by atoms with van der Waals surface area (Å²) in [7, 11) is 1.37. The van der Waals surface area contributed by atoms with Crippen LogP contribution < -0.4 is 15.4 Å². The summed E-state index contributed by atoms with van der Waals surface area (Å²) in [6, 6.07) is 4.07. The molecule has 138 valence electrons. The van der Waals surface area contributed by atoms with Gasteiger partial charge < -0.3 is 20.3 Å². The first kappa shape index (κ1) is 19.3. The molecule has 0 spiro atoms. The molecule has 0 aromatic heterocycles. The smallest absolute Gasteiger partial charge is 0.220 e. The molecule has 0 aliphatic carbocycles. The minimum absolute atomic E-state index is 0.0649. The molecule has 0 saturated carbocycles. The predicted octanol–water partition coefficient (Wildman–Crippen LogP) is 1.21. The van der Waals surface area contributed by atoms with Crippen molar-refractivity contribution < 1.29 is 18.7 Å². The number of ketones is 1. The first-order valence-corrected chi connectivity index (χ1v) is 8.66. The van der Waals surface area contributed by atoms with E-state index in [0.29, 0.717) is 6.54 Å².